The summed E-state index contributed by atoms with van der Waals surface area (Å²) in [6, 6.07) is 8.49. The number of nitrogens with one attached hydrogen (secondary N) is 2. The number of benzene rings is 1. The van der Waals surface area contributed by atoms with Crippen LogP contribution in [0, 0.1) is 12.8 Å². The summed E-state index contributed by atoms with van der Waals surface area (Å²) in [7, 11) is 1.32. The molecule has 0 saturated carbocycles. The Morgan fingerprint density at radius 1 is 1.20 bits per heavy atom. The highest BCUT2D eigenvalue weighted by Crippen LogP contribution is 2.20. The lowest BCUT2D eigenvalue weighted by atomic mass is 10.2. The normalized spacial score (nSPS) is 10.4. The van der Waals surface area contributed by atoms with E-state index in [9.17, 15) is 9.59 Å². The Bertz CT molecular complexity index is 775. The van der Waals surface area contributed by atoms with Crippen molar-refractivity contribution in [3.8, 4) is 0 Å². The predicted octanol–water partition coefficient (Wildman–Crippen LogP) is 2.70. The van der Waals surface area contributed by atoms with Crippen molar-refractivity contribution >= 4 is 23.5 Å². The van der Waals surface area contributed by atoms with E-state index in [0.29, 0.717) is 29.4 Å². The number of carbonyl (C=O) groups is 2. The van der Waals surface area contributed by atoms with E-state index in [1.807, 2.05) is 13.8 Å². The van der Waals surface area contributed by atoms with Crippen molar-refractivity contribution in [2.45, 2.75) is 20.8 Å². The summed E-state index contributed by atoms with van der Waals surface area (Å²) >= 11 is 0. The lowest BCUT2D eigenvalue weighted by molar-refractivity contribution is 0.0601. The quantitative estimate of drug-likeness (QED) is 0.784. The van der Waals surface area contributed by atoms with Crippen LogP contribution in [0.4, 0.5) is 11.6 Å². The van der Waals surface area contributed by atoms with E-state index in [1.165, 1.54) is 7.11 Å². The van der Waals surface area contributed by atoms with Crippen molar-refractivity contribution in [3.05, 3.63) is 47.3 Å². The molecular weight excluding hydrogens is 320 g/mol. The summed E-state index contributed by atoms with van der Waals surface area (Å²) in [5.74, 6) is -0.142. The molecule has 0 saturated heterocycles. The number of para-hydroxylation sites is 1. The van der Waals surface area contributed by atoms with Crippen LogP contribution >= 0.6 is 0 Å². The maximum Gasteiger partial charge on any atom is 0.339 e. The van der Waals surface area contributed by atoms with Gasteiger partial charge in [0.15, 0.2) is 0 Å². The Labute approximate surface area is 146 Å². The van der Waals surface area contributed by atoms with E-state index >= 15 is 0 Å². The second kappa shape index (κ2) is 8.23. The van der Waals surface area contributed by atoms with Crippen molar-refractivity contribution < 1.29 is 14.3 Å². The van der Waals surface area contributed by atoms with Crippen molar-refractivity contribution in [2.75, 3.05) is 19.0 Å². The third-order valence-electron chi connectivity index (χ3n) is 3.34. The fourth-order valence-corrected chi connectivity index (χ4v) is 2.13. The van der Waals surface area contributed by atoms with Gasteiger partial charge in [-0.05, 0) is 31.0 Å². The van der Waals surface area contributed by atoms with Crippen molar-refractivity contribution in [2.24, 2.45) is 5.92 Å². The van der Waals surface area contributed by atoms with Gasteiger partial charge in [0.25, 0.3) is 5.91 Å². The third kappa shape index (κ3) is 5.00. The molecule has 0 aliphatic rings. The molecule has 132 valence electrons. The molecule has 0 aliphatic heterocycles. The molecule has 0 radical (unpaired) electrons. The molecule has 7 heteroatoms. The number of amides is 1. The summed E-state index contributed by atoms with van der Waals surface area (Å²) in [6.45, 7) is 6.37. The Morgan fingerprint density at radius 3 is 2.60 bits per heavy atom. The highest BCUT2D eigenvalue weighted by Gasteiger charge is 2.14. The molecule has 0 atom stereocenters. The second-order valence-corrected chi connectivity index (χ2v) is 5.98. The molecule has 2 rings (SSSR count). The van der Waals surface area contributed by atoms with Gasteiger partial charge in [0.2, 0.25) is 5.95 Å². The highest BCUT2D eigenvalue weighted by atomic mass is 16.5. The first-order valence-corrected chi connectivity index (χ1v) is 7.99. The maximum atomic E-state index is 12.2. The lowest BCUT2D eigenvalue weighted by Crippen LogP contribution is -2.28. The molecule has 0 spiro atoms. The zero-order valence-electron chi connectivity index (χ0n) is 14.8. The Morgan fingerprint density at radius 2 is 1.92 bits per heavy atom. The lowest BCUT2D eigenvalue weighted by Gasteiger charge is -2.11. The zero-order valence-corrected chi connectivity index (χ0v) is 14.8. The average molecular weight is 342 g/mol. The van der Waals surface area contributed by atoms with E-state index < -0.39 is 5.97 Å². The number of hydrogen-bond donors (Lipinski definition) is 2. The maximum absolute atomic E-state index is 12.2. The van der Waals surface area contributed by atoms with Crippen LogP contribution in [-0.2, 0) is 4.74 Å². The van der Waals surface area contributed by atoms with Crippen LogP contribution < -0.4 is 10.6 Å². The van der Waals surface area contributed by atoms with E-state index in [-0.39, 0.29) is 17.5 Å². The van der Waals surface area contributed by atoms with Gasteiger partial charge in [0.05, 0.1) is 18.4 Å². The van der Waals surface area contributed by atoms with Gasteiger partial charge in [0, 0.05) is 12.2 Å². The molecule has 0 aliphatic carbocycles. The summed E-state index contributed by atoms with van der Waals surface area (Å²) in [5, 5.41) is 5.81. The number of aromatic nitrogens is 2. The first-order chi connectivity index (χ1) is 11.9. The number of anilines is 2. The monoisotopic (exact) mass is 342 g/mol. The van der Waals surface area contributed by atoms with Crippen LogP contribution in [0.1, 0.15) is 40.4 Å². The molecular formula is C18H22N4O3. The minimum Gasteiger partial charge on any atom is -0.465 e. The van der Waals surface area contributed by atoms with Gasteiger partial charge in [-0.3, -0.25) is 4.79 Å². The number of aryl methyl sites for hydroxylation is 1. The van der Waals surface area contributed by atoms with Crippen molar-refractivity contribution in [3.63, 3.8) is 0 Å². The SMILES string of the molecule is COC(=O)c1ccccc1Nc1nc(C)cc(C(=O)NCC(C)C)n1. The van der Waals surface area contributed by atoms with E-state index in [1.54, 1.807) is 37.3 Å². The summed E-state index contributed by atoms with van der Waals surface area (Å²) in [5.41, 5.74) is 1.78. The predicted molar refractivity (Wildman–Crippen MR) is 95.0 cm³/mol. The second-order valence-electron chi connectivity index (χ2n) is 5.98. The molecule has 7 nitrogen and oxygen atoms in total. The minimum absolute atomic E-state index is 0.242. The van der Waals surface area contributed by atoms with Crippen LogP contribution in [0.5, 0.6) is 0 Å². The largest absolute Gasteiger partial charge is 0.465 e. The Kier molecular flexibility index (Phi) is 6.05. The molecule has 2 N–H and O–H groups in total. The molecule has 25 heavy (non-hydrogen) atoms. The molecule has 0 fully saturated rings. The van der Waals surface area contributed by atoms with Gasteiger partial charge >= 0.3 is 5.97 Å². The van der Waals surface area contributed by atoms with E-state index in [2.05, 4.69) is 20.6 Å². The molecule has 1 aromatic heterocycles. The van der Waals surface area contributed by atoms with Crippen LogP contribution in [0.2, 0.25) is 0 Å². The van der Waals surface area contributed by atoms with Gasteiger partial charge in [-0.2, -0.15) is 0 Å². The molecule has 0 unspecified atom stereocenters. The summed E-state index contributed by atoms with van der Waals surface area (Å²) in [4.78, 5) is 32.6. The first-order valence-electron chi connectivity index (χ1n) is 7.99. The Balaban J connectivity index is 2.27. The highest BCUT2D eigenvalue weighted by molar-refractivity contribution is 5.96. The molecule has 1 amide bonds. The van der Waals surface area contributed by atoms with Gasteiger partial charge < -0.3 is 15.4 Å². The number of carbonyl (C=O) groups excluding carboxylic acids is 2. The smallest absolute Gasteiger partial charge is 0.339 e. The summed E-state index contributed by atoms with van der Waals surface area (Å²) < 4.78 is 4.77. The van der Waals surface area contributed by atoms with Crippen LogP contribution in [0.15, 0.2) is 30.3 Å². The molecule has 1 aromatic carbocycles. The summed E-state index contributed by atoms with van der Waals surface area (Å²) in [6.07, 6.45) is 0. The number of hydrogen-bond acceptors (Lipinski definition) is 6. The fraction of sp³-hybridized carbons (Fsp3) is 0.333. The van der Waals surface area contributed by atoms with Gasteiger partial charge in [-0.1, -0.05) is 26.0 Å². The topological polar surface area (TPSA) is 93.2 Å². The standard InChI is InChI=1S/C18H22N4O3/c1-11(2)10-19-16(23)15-9-12(3)20-18(22-15)21-14-8-6-5-7-13(14)17(24)25-4/h5-9,11H,10H2,1-4H3,(H,19,23)(H,20,21,22). The zero-order chi connectivity index (χ0) is 18.4. The van der Waals surface area contributed by atoms with Crippen LogP contribution in [-0.4, -0.2) is 35.5 Å². The van der Waals surface area contributed by atoms with Gasteiger partial charge in [-0.25, -0.2) is 14.8 Å². The van der Waals surface area contributed by atoms with Gasteiger partial charge in [-0.15, -0.1) is 0 Å². The molecule has 1 heterocycles. The van der Waals surface area contributed by atoms with E-state index in [4.69, 9.17) is 4.74 Å². The number of nitrogens with zero attached hydrogens (tertiary/aromatic N) is 2. The van der Waals surface area contributed by atoms with E-state index in [0.717, 1.165) is 0 Å². The Hall–Kier alpha value is -2.96. The van der Waals surface area contributed by atoms with Crippen molar-refractivity contribution in [1.29, 1.82) is 0 Å². The average Bonchev–Trinajstić information content (AvgIpc) is 2.59. The van der Waals surface area contributed by atoms with Gasteiger partial charge in [0.1, 0.15) is 5.69 Å². The number of methoxy groups -OCH3 is 1. The van der Waals surface area contributed by atoms with Crippen molar-refractivity contribution in [1.82, 2.24) is 15.3 Å². The first kappa shape index (κ1) is 18.4. The van der Waals surface area contributed by atoms with Crippen LogP contribution in [0.3, 0.4) is 0 Å². The minimum atomic E-state index is -0.467. The third-order valence-corrected chi connectivity index (χ3v) is 3.34. The molecule has 0 bridgehead atoms. The fourth-order valence-electron chi connectivity index (χ4n) is 2.13. The number of ether oxygens (including phenoxy) is 1. The number of esters is 1. The molecule has 2 aromatic rings. The number of rotatable bonds is 6. The van der Waals surface area contributed by atoms with Crippen LogP contribution in [0.25, 0.3) is 0 Å².